The minimum Gasteiger partial charge on any atom is -0.349 e. The molecule has 0 saturated carbocycles. The van der Waals surface area contributed by atoms with Gasteiger partial charge in [0.1, 0.15) is 0 Å². The number of hydrogen-bond acceptors (Lipinski definition) is 1. The number of benzene rings is 3. The van der Waals surface area contributed by atoms with Gasteiger partial charge in [-0.3, -0.25) is 4.79 Å². The van der Waals surface area contributed by atoms with Crippen LogP contribution in [0.4, 0.5) is 0 Å². The van der Waals surface area contributed by atoms with Crippen LogP contribution in [-0.2, 0) is 6.54 Å². The van der Waals surface area contributed by atoms with E-state index in [0.29, 0.717) is 0 Å². The van der Waals surface area contributed by atoms with E-state index in [-0.39, 0.29) is 11.9 Å². The third-order valence-corrected chi connectivity index (χ3v) is 6.15. The molecule has 0 saturated heterocycles. The van der Waals surface area contributed by atoms with Crippen molar-refractivity contribution >= 4 is 5.91 Å². The smallest absolute Gasteiger partial charge is 0.254 e. The molecule has 0 bridgehead atoms. The van der Waals surface area contributed by atoms with Crippen molar-refractivity contribution in [1.82, 2.24) is 9.47 Å². The molecule has 4 aromatic rings. The monoisotopic (exact) mass is 406 g/mol. The van der Waals surface area contributed by atoms with Crippen molar-refractivity contribution in [2.75, 3.05) is 6.54 Å². The van der Waals surface area contributed by atoms with E-state index in [4.69, 9.17) is 0 Å². The standard InChI is InChI=1S/C28H26N2O/c1-21-10-12-24(13-11-21)27-26-9-5-18-29(26)19-6-20-30(27)28(31)25-16-14-23(15-17-25)22-7-3-2-4-8-22/h2-5,7-18,27H,6,19-20H2,1H3. The van der Waals surface area contributed by atoms with Crippen molar-refractivity contribution in [3.8, 4) is 11.1 Å². The van der Waals surface area contributed by atoms with E-state index in [1.165, 1.54) is 11.3 Å². The van der Waals surface area contributed by atoms with Crippen molar-refractivity contribution in [2.45, 2.75) is 25.9 Å². The second kappa shape index (κ2) is 8.27. The Labute approximate surface area is 183 Å². The van der Waals surface area contributed by atoms with E-state index >= 15 is 0 Å². The molecular formula is C28H26N2O. The molecule has 0 spiro atoms. The predicted octanol–water partition coefficient (Wildman–Crippen LogP) is 6.10. The molecule has 3 nitrogen and oxygen atoms in total. The Hall–Kier alpha value is -3.59. The zero-order valence-corrected chi connectivity index (χ0v) is 17.7. The van der Waals surface area contributed by atoms with Crippen LogP contribution in [0.1, 0.15) is 39.6 Å². The van der Waals surface area contributed by atoms with E-state index in [9.17, 15) is 4.79 Å². The molecule has 3 heteroatoms. The summed E-state index contributed by atoms with van der Waals surface area (Å²) in [5.74, 6) is 0.0832. The lowest BCUT2D eigenvalue weighted by molar-refractivity contribution is 0.0709. The number of aromatic nitrogens is 1. The number of hydrogen-bond donors (Lipinski definition) is 0. The van der Waals surface area contributed by atoms with E-state index in [1.54, 1.807) is 0 Å². The highest BCUT2D eigenvalue weighted by Gasteiger charge is 2.31. The molecule has 3 aromatic carbocycles. The van der Waals surface area contributed by atoms with E-state index in [2.05, 4.69) is 66.2 Å². The van der Waals surface area contributed by atoms with Gasteiger partial charge in [-0.05, 0) is 54.3 Å². The van der Waals surface area contributed by atoms with Crippen LogP contribution in [0.25, 0.3) is 11.1 Å². The Morgan fingerprint density at radius 2 is 1.48 bits per heavy atom. The summed E-state index contributed by atoms with van der Waals surface area (Å²) >= 11 is 0. The summed E-state index contributed by atoms with van der Waals surface area (Å²) in [6.45, 7) is 3.76. The fourth-order valence-electron chi connectivity index (χ4n) is 4.50. The third-order valence-electron chi connectivity index (χ3n) is 6.15. The normalized spacial score (nSPS) is 15.9. The maximum Gasteiger partial charge on any atom is 0.254 e. The van der Waals surface area contributed by atoms with E-state index in [0.717, 1.165) is 41.8 Å². The van der Waals surface area contributed by atoms with Gasteiger partial charge >= 0.3 is 0 Å². The van der Waals surface area contributed by atoms with Gasteiger partial charge in [-0.2, -0.15) is 0 Å². The molecule has 1 aliphatic heterocycles. The molecule has 1 unspecified atom stereocenters. The van der Waals surface area contributed by atoms with Crippen LogP contribution in [0.5, 0.6) is 0 Å². The Morgan fingerprint density at radius 3 is 2.23 bits per heavy atom. The van der Waals surface area contributed by atoms with Gasteiger partial charge in [-0.15, -0.1) is 0 Å². The van der Waals surface area contributed by atoms with Crippen LogP contribution in [0.2, 0.25) is 0 Å². The highest BCUT2D eigenvalue weighted by molar-refractivity contribution is 5.95. The molecule has 2 heterocycles. The van der Waals surface area contributed by atoms with Crippen LogP contribution >= 0.6 is 0 Å². The summed E-state index contributed by atoms with van der Waals surface area (Å²) < 4.78 is 2.29. The number of aryl methyl sites for hydroxylation is 2. The van der Waals surface area contributed by atoms with E-state index in [1.807, 2.05) is 47.4 Å². The van der Waals surface area contributed by atoms with Crippen molar-refractivity contribution < 1.29 is 4.79 Å². The van der Waals surface area contributed by atoms with Crippen molar-refractivity contribution in [3.05, 3.63) is 120 Å². The Morgan fingerprint density at radius 1 is 0.774 bits per heavy atom. The molecule has 154 valence electrons. The lowest BCUT2D eigenvalue weighted by Gasteiger charge is -2.31. The van der Waals surface area contributed by atoms with Crippen LogP contribution < -0.4 is 0 Å². The summed E-state index contributed by atoms with van der Waals surface area (Å²) in [6.07, 6.45) is 3.07. The van der Waals surface area contributed by atoms with Gasteiger partial charge in [0.15, 0.2) is 0 Å². The molecule has 31 heavy (non-hydrogen) atoms. The molecule has 1 amide bonds. The third kappa shape index (κ3) is 3.79. The fraction of sp³-hybridized carbons (Fsp3) is 0.179. The van der Waals surface area contributed by atoms with Crippen molar-refractivity contribution in [1.29, 1.82) is 0 Å². The molecular weight excluding hydrogens is 380 g/mol. The lowest BCUT2D eigenvalue weighted by Crippen LogP contribution is -2.35. The summed E-state index contributed by atoms with van der Waals surface area (Å²) in [5.41, 5.74) is 6.57. The molecule has 0 radical (unpaired) electrons. The molecule has 1 atom stereocenters. The van der Waals surface area contributed by atoms with Crippen LogP contribution in [0.15, 0.2) is 97.2 Å². The first-order chi connectivity index (χ1) is 15.2. The van der Waals surface area contributed by atoms with Gasteiger partial charge in [0.2, 0.25) is 0 Å². The zero-order valence-electron chi connectivity index (χ0n) is 17.7. The SMILES string of the molecule is Cc1ccc(C2c3cccn3CCCN2C(=O)c2ccc(-c3ccccc3)cc2)cc1. The Balaban J connectivity index is 1.51. The number of carbonyl (C=O) groups is 1. The molecule has 0 aliphatic carbocycles. The molecule has 1 aromatic heterocycles. The molecule has 5 rings (SSSR count). The number of nitrogens with zero attached hydrogens (tertiary/aromatic N) is 2. The minimum atomic E-state index is -0.0839. The van der Waals surface area contributed by atoms with Gasteiger partial charge in [0.25, 0.3) is 5.91 Å². The quantitative estimate of drug-likeness (QED) is 0.404. The Kier molecular flexibility index (Phi) is 5.17. The number of amides is 1. The van der Waals surface area contributed by atoms with Gasteiger partial charge in [-0.1, -0.05) is 72.3 Å². The lowest BCUT2D eigenvalue weighted by atomic mass is 9.99. The first-order valence-electron chi connectivity index (χ1n) is 10.9. The average Bonchev–Trinajstić information content (AvgIpc) is 3.20. The Bertz CT molecular complexity index is 1170. The van der Waals surface area contributed by atoms with Crippen LogP contribution in [0, 0.1) is 6.92 Å². The summed E-state index contributed by atoms with van der Waals surface area (Å²) in [6, 6.07) is 31.0. The van der Waals surface area contributed by atoms with Crippen LogP contribution in [-0.4, -0.2) is 21.9 Å². The number of rotatable bonds is 3. The first kappa shape index (κ1) is 19.4. The highest BCUT2D eigenvalue weighted by Crippen LogP contribution is 2.33. The zero-order chi connectivity index (χ0) is 21.2. The summed E-state index contributed by atoms with van der Waals surface area (Å²) in [4.78, 5) is 15.7. The number of fused-ring (bicyclic) bond motifs is 1. The number of carbonyl (C=O) groups excluding carboxylic acids is 1. The van der Waals surface area contributed by atoms with Gasteiger partial charge in [-0.25, -0.2) is 0 Å². The maximum absolute atomic E-state index is 13.7. The first-order valence-corrected chi connectivity index (χ1v) is 10.9. The molecule has 0 N–H and O–H groups in total. The van der Waals surface area contributed by atoms with Gasteiger partial charge < -0.3 is 9.47 Å². The van der Waals surface area contributed by atoms with Crippen molar-refractivity contribution in [3.63, 3.8) is 0 Å². The van der Waals surface area contributed by atoms with Gasteiger partial charge in [0, 0.05) is 30.5 Å². The highest BCUT2D eigenvalue weighted by atomic mass is 16.2. The summed E-state index contributed by atoms with van der Waals surface area (Å²) in [5, 5.41) is 0. The second-order valence-corrected chi connectivity index (χ2v) is 8.24. The van der Waals surface area contributed by atoms with Crippen molar-refractivity contribution in [2.24, 2.45) is 0 Å². The van der Waals surface area contributed by atoms with Crippen LogP contribution in [0.3, 0.4) is 0 Å². The fourth-order valence-corrected chi connectivity index (χ4v) is 4.50. The van der Waals surface area contributed by atoms with Gasteiger partial charge in [0.05, 0.1) is 6.04 Å². The van der Waals surface area contributed by atoms with E-state index < -0.39 is 0 Å². The second-order valence-electron chi connectivity index (χ2n) is 8.24. The topological polar surface area (TPSA) is 25.2 Å². The molecule has 0 fully saturated rings. The maximum atomic E-state index is 13.7. The largest absolute Gasteiger partial charge is 0.349 e. The minimum absolute atomic E-state index is 0.0832. The molecule has 1 aliphatic rings. The predicted molar refractivity (Wildman–Crippen MR) is 125 cm³/mol. The summed E-state index contributed by atoms with van der Waals surface area (Å²) in [7, 11) is 0. The average molecular weight is 407 g/mol.